The molecule has 2 amide bonds. The van der Waals surface area contributed by atoms with E-state index in [0.717, 1.165) is 59.8 Å². The maximum Gasteiger partial charge on any atom is 0.338 e. The van der Waals surface area contributed by atoms with Crippen LogP contribution in [0.2, 0.25) is 0 Å². The van der Waals surface area contributed by atoms with Gasteiger partial charge in [-0.1, -0.05) is 69.9 Å². The first-order chi connectivity index (χ1) is 21.5. The lowest BCUT2D eigenvalue weighted by atomic mass is 9.73. The van der Waals surface area contributed by atoms with E-state index < -0.39 is 16.8 Å². The summed E-state index contributed by atoms with van der Waals surface area (Å²) in [5.41, 5.74) is 2.37. The summed E-state index contributed by atoms with van der Waals surface area (Å²) in [5.74, 6) is -0.214. The Kier molecular flexibility index (Phi) is 8.09. The topological polar surface area (TPSA) is 83.9 Å². The van der Waals surface area contributed by atoms with Crippen LogP contribution in [0.3, 0.4) is 0 Å². The smallest absolute Gasteiger partial charge is 0.338 e. The van der Waals surface area contributed by atoms with E-state index in [1.807, 2.05) is 67.0 Å². The Labute approximate surface area is 267 Å². The average molecular weight is 613 g/mol. The molecule has 45 heavy (non-hydrogen) atoms. The van der Waals surface area contributed by atoms with Crippen LogP contribution in [0.15, 0.2) is 48.5 Å². The number of nitrogens with one attached hydrogen (secondary N) is 1. The second kappa shape index (κ2) is 11.6. The second-order valence-electron chi connectivity index (χ2n) is 14.2. The van der Waals surface area contributed by atoms with E-state index >= 15 is 0 Å². The highest BCUT2D eigenvalue weighted by Gasteiger charge is 2.69. The largest absolute Gasteiger partial charge is 0.456 e. The molecule has 3 aromatic rings. The molecule has 1 spiro atoms. The van der Waals surface area contributed by atoms with Crippen LogP contribution in [0.5, 0.6) is 0 Å². The van der Waals surface area contributed by atoms with Crippen molar-refractivity contribution in [3.05, 3.63) is 70.9 Å². The number of benzene rings is 2. The molecule has 1 aromatic heterocycles. The van der Waals surface area contributed by atoms with Gasteiger partial charge in [-0.15, -0.1) is 0 Å². The maximum atomic E-state index is 14.8. The minimum absolute atomic E-state index is 0.0396. The van der Waals surface area contributed by atoms with Gasteiger partial charge in [0.15, 0.2) is 5.66 Å². The number of carbonyl (C=O) groups is 3. The van der Waals surface area contributed by atoms with Crippen molar-refractivity contribution in [2.45, 2.75) is 116 Å². The highest BCUT2D eigenvalue weighted by molar-refractivity contribution is 6.05. The van der Waals surface area contributed by atoms with Crippen LogP contribution in [0.4, 0.5) is 0 Å². The van der Waals surface area contributed by atoms with Gasteiger partial charge in [-0.2, -0.15) is 0 Å². The summed E-state index contributed by atoms with van der Waals surface area (Å²) in [7, 11) is 0. The lowest BCUT2D eigenvalue weighted by Gasteiger charge is -2.65. The molecule has 3 fully saturated rings. The summed E-state index contributed by atoms with van der Waals surface area (Å²) in [6.07, 6.45) is 6.18. The van der Waals surface area contributed by atoms with Gasteiger partial charge in [0, 0.05) is 42.7 Å². The van der Waals surface area contributed by atoms with E-state index in [9.17, 15) is 14.4 Å². The normalized spacial score (nSPS) is 24.3. The quantitative estimate of drug-likeness (QED) is 0.213. The number of ether oxygens (including phenoxy) is 1. The molecular formula is C37H48N4O4. The molecule has 240 valence electrons. The molecule has 3 saturated heterocycles. The summed E-state index contributed by atoms with van der Waals surface area (Å²) in [6, 6.07) is 15.6. The van der Waals surface area contributed by atoms with E-state index in [2.05, 4.69) is 42.8 Å². The maximum absolute atomic E-state index is 14.8. The highest BCUT2D eigenvalue weighted by atomic mass is 16.6. The van der Waals surface area contributed by atoms with Gasteiger partial charge < -0.3 is 19.1 Å². The third-order valence-electron chi connectivity index (χ3n) is 9.97. The second-order valence-corrected chi connectivity index (χ2v) is 14.2. The van der Waals surface area contributed by atoms with Gasteiger partial charge in [0.1, 0.15) is 11.1 Å². The summed E-state index contributed by atoms with van der Waals surface area (Å²) in [4.78, 5) is 45.8. The van der Waals surface area contributed by atoms with Crippen molar-refractivity contribution < 1.29 is 19.1 Å². The van der Waals surface area contributed by atoms with E-state index in [1.54, 1.807) is 0 Å². The molecule has 1 N–H and O–H groups in total. The van der Waals surface area contributed by atoms with Crippen molar-refractivity contribution >= 4 is 28.7 Å². The molecular weight excluding hydrogens is 564 g/mol. The van der Waals surface area contributed by atoms with E-state index in [4.69, 9.17) is 4.74 Å². The predicted molar refractivity (Wildman–Crippen MR) is 176 cm³/mol. The Morgan fingerprint density at radius 3 is 2.40 bits per heavy atom. The molecule has 0 saturated carbocycles. The minimum Gasteiger partial charge on any atom is -0.456 e. The molecule has 8 nitrogen and oxygen atoms in total. The third-order valence-corrected chi connectivity index (χ3v) is 9.97. The summed E-state index contributed by atoms with van der Waals surface area (Å²) >= 11 is 0. The number of fused-ring (bicyclic) bond motifs is 5. The monoisotopic (exact) mass is 612 g/mol. The molecule has 0 radical (unpaired) electrons. The number of para-hydroxylation sites is 1. The molecule has 8 heteroatoms. The number of hydrogen-bond donors (Lipinski definition) is 1. The summed E-state index contributed by atoms with van der Waals surface area (Å²) in [5, 5.41) is 4.79. The molecule has 1 unspecified atom stereocenters. The Morgan fingerprint density at radius 1 is 0.978 bits per heavy atom. The molecule has 7 rings (SSSR count). The van der Waals surface area contributed by atoms with E-state index in [-0.39, 0.29) is 23.8 Å². The number of piperazine rings is 2. The third kappa shape index (κ3) is 5.05. The highest BCUT2D eigenvalue weighted by Crippen LogP contribution is 2.51. The van der Waals surface area contributed by atoms with Crippen molar-refractivity contribution in [2.24, 2.45) is 0 Å². The molecule has 2 bridgehead atoms. The van der Waals surface area contributed by atoms with Crippen molar-refractivity contribution in [1.82, 2.24) is 19.7 Å². The number of amides is 2. The number of nitrogens with zero attached hydrogens (tertiary/aromatic N) is 3. The fourth-order valence-electron chi connectivity index (χ4n) is 7.97. The van der Waals surface area contributed by atoms with Gasteiger partial charge in [-0.25, -0.2) is 4.79 Å². The summed E-state index contributed by atoms with van der Waals surface area (Å²) < 4.78 is 7.87. The van der Waals surface area contributed by atoms with Gasteiger partial charge in [-0.05, 0) is 69.9 Å². The molecule has 0 aliphatic carbocycles. The lowest BCUT2D eigenvalue weighted by Crippen LogP contribution is -2.89. The van der Waals surface area contributed by atoms with Crippen LogP contribution in [-0.2, 0) is 27.3 Å². The standard InChI is InChI=1S/C37H48N4O4/c1-7-9-10-13-20-36-24-38-37(34(44)40(36)21-8-2)22-29-28-14-11-12-15-30(28)39(31(29)25(3)41(37)33(36)43)23-26-16-18-27(19-17-26)32(42)45-35(4,5)6/h11-12,14-19,25,38H,7-10,13,20-24H2,1-6H3/t25-,36?,37-/m0/s1. The van der Waals surface area contributed by atoms with Crippen molar-refractivity contribution in [1.29, 1.82) is 0 Å². The Morgan fingerprint density at radius 2 is 1.71 bits per heavy atom. The number of carbonyl (C=O) groups excluding carboxylic acids is 3. The van der Waals surface area contributed by atoms with Crippen molar-refractivity contribution in [2.75, 3.05) is 13.1 Å². The van der Waals surface area contributed by atoms with Crippen LogP contribution < -0.4 is 5.32 Å². The fraction of sp³-hybridized carbons (Fsp3) is 0.541. The fourth-order valence-corrected chi connectivity index (χ4v) is 7.97. The first kappa shape index (κ1) is 31.3. The van der Waals surface area contributed by atoms with Crippen LogP contribution >= 0.6 is 0 Å². The number of rotatable bonds is 10. The lowest BCUT2D eigenvalue weighted by molar-refractivity contribution is -0.202. The zero-order valence-corrected chi connectivity index (χ0v) is 27.7. The number of hydrogen-bond acceptors (Lipinski definition) is 5. The Bertz CT molecular complexity index is 1620. The van der Waals surface area contributed by atoms with Crippen molar-refractivity contribution in [3.63, 3.8) is 0 Å². The van der Waals surface area contributed by atoms with E-state index in [0.29, 0.717) is 38.0 Å². The predicted octanol–water partition coefficient (Wildman–Crippen LogP) is 6.35. The SMILES string of the molecule is CCCCCCC12CN[C@]3(Cc4c(n(Cc5ccc(C(=O)OC(C)(C)C)cc5)c5ccccc45)[C@H](C)N3C1=O)C(=O)N2CCC. The minimum atomic E-state index is -1.08. The van der Waals surface area contributed by atoms with E-state index in [1.165, 1.54) is 0 Å². The van der Waals surface area contributed by atoms with Crippen LogP contribution in [0.25, 0.3) is 10.9 Å². The van der Waals surface area contributed by atoms with Gasteiger partial charge >= 0.3 is 5.97 Å². The Balaban J connectivity index is 1.40. The van der Waals surface area contributed by atoms with Gasteiger partial charge in [0.25, 0.3) is 11.8 Å². The van der Waals surface area contributed by atoms with Crippen LogP contribution in [0, 0.1) is 0 Å². The summed E-state index contributed by atoms with van der Waals surface area (Å²) in [6.45, 7) is 13.6. The molecule has 5 heterocycles. The zero-order chi connectivity index (χ0) is 32.1. The van der Waals surface area contributed by atoms with Crippen LogP contribution in [-0.4, -0.2) is 62.0 Å². The van der Waals surface area contributed by atoms with Crippen molar-refractivity contribution in [3.8, 4) is 0 Å². The molecule has 2 aromatic carbocycles. The van der Waals surface area contributed by atoms with Gasteiger partial charge in [0.05, 0.1) is 11.6 Å². The molecule has 4 aliphatic rings. The van der Waals surface area contributed by atoms with Gasteiger partial charge in [-0.3, -0.25) is 14.9 Å². The first-order valence-corrected chi connectivity index (χ1v) is 16.8. The zero-order valence-electron chi connectivity index (χ0n) is 27.7. The Hall–Kier alpha value is -3.65. The average Bonchev–Trinajstić information content (AvgIpc) is 3.31. The number of aromatic nitrogens is 1. The molecule has 3 atom stereocenters. The van der Waals surface area contributed by atoms with Gasteiger partial charge in [0.2, 0.25) is 0 Å². The molecule has 4 aliphatic heterocycles. The van der Waals surface area contributed by atoms with Crippen LogP contribution in [0.1, 0.15) is 113 Å². The number of unbranched alkanes of at least 4 members (excludes halogenated alkanes) is 3. The number of esters is 1. The first-order valence-electron chi connectivity index (χ1n) is 16.8.